The molecular formula is C13H15F4NO. The molecule has 0 amide bonds. The number of alkyl halides is 3. The molecule has 2 rings (SSSR count). The van der Waals surface area contributed by atoms with Gasteiger partial charge in [0.1, 0.15) is 12.5 Å². The Balaban J connectivity index is 2.41. The van der Waals surface area contributed by atoms with E-state index >= 15 is 0 Å². The number of hydrogen-bond acceptors (Lipinski definition) is 2. The van der Waals surface area contributed by atoms with Crippen LogP contribution in [0.15, 0.2) is 24.3 Å². The Hall–Kier alpha value is -1.14. The van der Waals surface area contributed by atoms with E-state index in [0.29, 0.717) is 0 Å². The summed E-state index contributed by atoms with van der Waals surface area (Å²) >= 11 is 0. The number of aliphatic hydroxyl groups is 1. The topological polar surface area (TPSA) is 46.2 Å². The van der Waals surface area contributed by atoms with Gasteiger partial charge in [-0.25, -0.2) is 17.6 Å². The van der Waals surface area contributed by atoms with Gasteiger partial charge in [-0.05, 0) is 6.07 Å². The van der Waals surface area contributed by atoms with Gasteiger partial charge in [-0.15, -0.1) is 0 Å². The van der Waals surface area contributed by atoms with Crippen LogP contribution in [-0.4, -0.2) is 23.8 Å². The van der Waals surface area contributed by atoms with Crippen molar-refractivity contribution in [1.29, 1.82) is 0 Å². The molecule has 1 aliphatic carbocycles. The third-order valence-corrected chi connectivity index (χ3v) is 3.75. The van der Waals surface area contributed by atoms with Crippen molar-refractivity contribution in [3.8, 4) is 0 Å². The van der Waals surface area contributed by atoms with Gasteiger partial charge in [0.15, 0.2) is 0 Å². The van der Waals surface area contributed by atoms with Crippen LogP contribution in [0.25, 0.3) is 0 Å². The maximum atomic E-state index is 13.7. The molecule has 1 fully saturated rings. The molecule has 0 aromatic heterocycles. The molecule has 0 bridgehead atoms. The fraction of sp³-hybridized carbons (Fsp3) is 0.538. The Labute approximate surface area is 108 Å². The largest absolute Gasteiger partial charge is 0.393 e. The van der Waals surface area contributed by atoms with Crippen molar-refractivity contribution < 1.29 is 22.7 Å². The van der Waals surface area contributed by atoms with E-state index in [1.807, 2.05) is 0 Å². The average Bonchev–Trinajstić information content (AvgIpc) is 2.63. The Morgan fingerprint density at radius 1 is 1.32 bits per heavy atom. The van der Waals surface area contributed by atoms with Crippen LogP contribution < -0.4 is 5.73 Å². The standard InChI is InChI=1S/C13H15F4NO/c14-7-13(18,8-3-1-2-4-10(8)15)9-5-12(16,17)6-11(9)19/h1-4,9,11,19H,5-7,18H2/t9-,11+,13+/m0/s1. The van der Waals surface area contributed by atoms with E-state index in [2.05, 4.69) is 0 Å². The lowest BCUT2D eigenvalue weighted by molar-refractivity contribution is -0.00477. The minimum absolute atomic E-state index is 0.181. The molecule has 6 heteroatoms. The van der Waals surface area contributed by atoms with Gasteiger partial charge in [0.25, 0.3) is 5.92 Å². The maximum Gasteiger partial charge on any atom is 0.251 e. The summed E-state index contributed by atoms with van der Waals surface area (Å²) < 4.78 is 53.7. The molecule has 106 valence electrons. The lowest BCUT2D eigenvalue weighted by Gasteiger charge is -2.35. The van der Waals surface area contributed by atoms with Crippen molar-refractivity contribution in [3.63, 3.8) is 0 Å². The Bertz CT molecular complexity index is 468. The zero-order valence-electron chi connectivity index (χ0n) is 10.1. The highest BCUT2D eigenvalue weighted by molar-refractivity contribution is 5.28. The first-order valence-corrected chi connectivity index (χ1v) is 5.96. The van der Waals surface area contributed by atoms with Crippen molar-refractivity contribution in [2.75, 3.05) is 6.67 Å². The van der Waals surface area contributed by atoms with Crippen molar-refractivity contribution in [3.05, 3.63) is 35.6 Å². The van der Waals surface area contributed by atoms with Crippen LogP contribution in [0.5, 0.6) is 0 Å². The molecule has 1 saturated carbocycles. The summed E-state index contributed by atoms with van der Waals surface area (Å²) in [5.74, 6) is -5.08. The molecule has 1 aromatic rings. The molecule has 1 aromatic carbocycles. The monoisotopic (exact) mass is 277 g/mol. The zero-order valence-corrected chi connectivity index (χ0v) is 10.1. The minimum atomic E-state index is -3.10. The van der Waals surface area contributed by atoms with Crippen LogP contribution in [0.3, 0.4) is 0 Å². The van der Waals surface area contributed by atoms with Crippen LogP contribution in [0.1, 0.15) is 18.4 Å². The van der Waals surface area contributed by atoms with Crippen LogP contribution in [-0.2, 0) is 5.54 Å². The normalized spacial score (nSPS) is 29.2. The summed E-state index contributed by atoms with van der Waals surface area (Å²) in [6, 6.07) is 5.20. The second-order valence-corrected chi connectivity index (χ2v) is 5.09. The zero-order chi connectivity index (χ0) is 14.3. The molecule has 19 heavy (non-hydrogen) atoms. The first kappa shape index (κ1) is 14.3. The second-order valence-electron chi connectivity index (χ2n) is 5.09. The highest BCUT2D eigenvalue weighted by Gasteiger charge is 2.54. The van der Waals surface area contributed by atoms with Gasteiger partial charge in [-0.3, -0.25) is 0 Å². The van der Waals surface area contributed by atoms with Crippen LogP contribution in [0.2, 0.25) is 0 Å². The molecule has 3 N–H and O–H groups in total. The van der Waals surface area contributed by atoms with E-state index in [9.17, 15) is 22.7 Å². The number of halogens is 4. The number of aliphatic hydroxyl groups excluding tert-OH is 1. The summed E-state index contributed by atoms with van der Waals surface area (Å²) in [7, 11) is 0. The number of nitrogens with two attached hydrogens (primary N) is 1. The molecule has 0 spiro atoms. The molecule has 0 saturated heterocycles. The van der Waals surface area contributed by atoms with Crippen LogP contribution in [0, 0.1) is 11.7 Å². The van der Waals surface area contributed by atoms with Gasteiger partial charge in [-0.2, -0.15) is 0 Å². The maximum absolute atomic E-state index is 13.7. The summed E-state index contributed by atoms with van der Waals surface area (Å²) in [6.07, 6.45) is -2.97. The molecule has 0 heterocycles. The summed E-state index contributed by atoms with van der Waals surface area (Å²) in [6.45, 7) is -1.22. The third kappa shape index (κ3) is 2.47. The minimum Gasteiger partial charge on any atom is -0.393 e. The third-order valence-electron chi connectivity index (χ3n) is 3.75. The van der Waals surface area contributed by atoms with E-state index in [-0.39, 0.29) is 5.56 Å². The average molecular weight is 277 g/mol. The predicted octanol–water partition coefficient (Wildman–Crippen LogP) is 2.36. The SMILES string of the molecule is N[C@](CF)(c1ccccc1F)[C@H]1CC(F)(F)C[C@H]1O. The quantitative estimate of drug-likeness (QED) is 0.833. The van der Waals surface area contributed by atoms with E-state index < -0.39 is 48.8 Å². The first-order valence-electron chi connectivity index (χ1n) is 5.96. The van der Waals surface area contributed by atoms with Crippen molar-refractivity contribution in [2.24, 2.45) is 11.7 Å². The Kier molecular flexibility index (Phi) is 3.57. The Morgan fingerprint density at radius 3 is 2.42 bits per heavy atom. The van der Waals surface area contributed by atoms with E-state index in [1.165, 1.54) is 18.2 Å². The van der Waals surface area contributed by atoms with Crippen molar-refractivity contribution >= 4 is 0 Å². The fourth-order valence-corrected chi connectivity index (χ4v) is 2.72. The summed E-state index contributed by atoms with van der Waals surface area (Å²) in [4.78, 5) is 0. The summed E-state index contributed by atoms with van der Waals surface area (Å²) in [5, 5.41) is 9.69. The number of rotatable bonds is 3. The van der Waals surface area contributed by atoms with Crippen LogP contribution in [0.4, 0.5) is 17.6 Å². The van der Waals surface area contributed by atoms with E-state index in [0.717, 1.165) is 6.07 Å². The molecule has 0 radical (unpaired) electrons. The van der Waals surface area contributed by atoms with Gasteiger partial charge < -0.3 is 10.8 Å². The molecule has 0 aliphatic heterocycles. The van der Waals surface area contributed by atoms with Crippen molar-refractivity contribution in [2.45, 2.75) is 30.4 Å². The highest BCUT2D eigenvalue weighted by atomic mass is 19.3. The van der Waals surface area contributed by atoms with E-state index in [4.69, 9.17) is 5.73 Å². The molecule has 1 aliphatic rings. The molecular weight excluding hydrogens is 262 g/mol. The highest BCUT2D eigenvalue weighted by Crippen LogP contribution is 2.47. The van der Waals surface area contributed by atoms with E-state index in [1.54, 1.807) is 0 Å². The Morgan fingerprint density at radius 2 is 1.95 bits per heavy atom. The predicted molar refractivity (Wildman–Crippen MR) is 61.9 cm³/mol. The van der Waals surface area contributed by atoms with Gasteiger partial charge in [0.05, 0.1) is 11.6 Å². The molecule has 3 atom stereocenters. The summed E-state index contributed by atoms with van der Waals surface area (Å²) in [5.41, 5.74) is 3.71. The lowest BCUT2D eigenvalue weighted by atomic mass is 9.77. The number of hydrogen-bond donors (Lipinski definition) is 2. The van der Waals surface area contributed by atoms with Gasteiger partial charge >= 0.3 is 0 Å². The van der Waals surface area contributed by atoms with Gasteiger partial charge in [0, 0.05) is 24.3 Å². The first-order chi connectivity index (χ1) is 8.80. The second kappa shape index (κ2) is 4.76. The van der Waals surface area contributed by atoms with Gasteiger partial charge in [-0.1, -0.05) is 18.2 Å². The number of benzene rings is 1. The van der Waals surface area contributed by atoms with Crippen molar-refractivity contribution in [1.82, 2.24) is 0 Å². The molecule has 2 nitrogen and oxygen atoms in total. The lowest BCUT2D eigenvalue weighted by Crippen LogP contribution is -2.50. The van der Waals surface area contributed by atoms with Crippen LogP contribution >= 0.6 is 0 Å². The van der Waals surface area contributed by atoms with Gasteiger partial charge in [0.2, 0.25) is 0 Å². The fourth-order valence-electron chi connectivity index (χ4n) is 2.72. The smallest absolute Gasteiger partial charge is 0.251 e. The molecule has 0 unspecified atom stereocenters.